The van der Waals surface area contributed by atoms with Crippen LogP contribution in [0.1, 0.15) is 34.1 Å². The van der Waals surface area contributed by atoms with Crippen LogP contribution in [0.15, 0.2) is 24.3 Å². The average Bonchev–Trinajstić information content (AvgIpc) is 2.78. The first-order valence-electron chi connectivity index (χ1n) is 5.82. The number of Topliss-reactive ketones (excluding diaryl/α,β-unsaturated/α-hetero) is 1. The van der Waals surface area contributed by atoms with Gasteiger partial charge < -0.3 is 5.32 Å². The van der Waals surface area contributed by atoms with Gasteiger partial charge in [0.15, 0.2) is 5.78 Å². The lowest BCUT2D eigenvalue weighted by atomic mass is 10.1. The molecule has 0 aliphatic heterocycles. The molecule has 4 nitrogen and oxygen atoms in total. The van der Waals surface area contributed by atoms with Crippen LogP contribution in [0.5, 0.6) is 0 Å². The third-order valence-corrected chi connectivity index (χ3v) is 3.65. The molecule has 0 atom stereocenters. The first-order valence-corrected chi connectivity index (χ1v) is 6.59. The van der Waals surface area contributed by atoms with E-state index >= 15 is 0 Å². The van der Waals surface area contributed by atoms with Gasteiger partial charge in [-0.25, -0.2) is 0 Å². The predicted molar refractivity (Wildman–Crippen MR) is 75.3 cm³/mol. The second kappa shape index (κ2) is 5.63. The monoisotopic (exact) mass is 271 g/mol. The number of aryl methyl sites for hydroxylation is 1. The topological polar surface area (TPSA) is 65.8 Å². The number of rotatable bonds is 4. The summed E-state index contributed by atoms with van der Waals surface area (Å²) >= 11 is 1.30. The minimum Gasteiger partial charge on any atom is -0.371 e. The number of anilines is 1. The highest BCUT2D eigenvalue weighted by Gasteiger charge is 2.14. The summed E-state index contributed by atoms with van der Waals surface area (Å²) in [6.07, 6.45) is 0. The Morgan fingerprint density at radius 3 is 2.68 bits per heavy atom. The van der Waals surface area contributed by atoms with Gasteiger partial charge in [0, 0.05) is 6.54 Å². The van der Waals surface area contributed by atoms with Crippen molar-refractivity contribution in [1.82, 2.24) is 4.37 Å². The lowest BCUT2D eigenvalue weighted by Gasteiger charge is -2.05. The van der Waals surface area contributed by atoms with Crippen molar-refractivity contribution < 1.29 is 4.79 Å². The minimum atomic E-state index is 0.0218. The summed E-state index contributed by atoms with van der Waals surface area (Å²) in [4.78, 5) is 11.5. The van der Waals surface area contributed by atoms with Crippen LogP contribution < -0.4 is 5.32 Å². The molecule has 19 heavy (non-hydrogen) atoms. The molecule has 0 aliphatic rings. The second-order valence-corrected chi connectivity index (χ2v) is 4.96. The van der Waals surface area contributed by atoms with E-state index in [-0.39, 0.29) is 5.78 Å². The van der Waals surface area contributed by atoms with E-state index in [2.05, 4.69) is 15.8 Å². The molecule has 0 bridgehead atoms. The van der Waals surface area contributed by atoms with E-state index in [4.69, 9.17) is 5.26 Å². The number of aromatic nitrogens is 1. The second-order valence-electron chi connectivity index (χ2n) is 4.19. The van der Waals surface area contributed by atoms with E-state index in [0.29, 0.717) is 17.7 Å². The summed E-state index contributed by atoms with van der Waals surface area (Å²) < 4.78 is 4.19. The lowest BCUT2D eigenvalue weighted by Crippen LogP contribution is -2.03. The van der Waals surface area contributed by atoms with E-state index in [0.717, 1.165) is 16.3 Å². The van der Waals surface area contributed by atoms with E-state index in [1.54, 1.807) is 19.1 Å². The zero-order chi connectivity index (χ0) is 13.8. The molecule has 0 aliphatic carbocycles. The van der Waals surface area contributed by atoms with Crippen molar-refractivity contribution >= 4 is 22.3 Å². The fourth-order valence-corrected chi connectivity index (χ4v) is 2.62. The molecule has 0 saturated carbocycles. The van der Waals surface area contributed by atoms with E-state index in [1.807, 2.05) is 19.1 Å². The molecule has 0 saturated heterocycles. The number of carbonyl (C=O) groups is 1. The van der Waals surface area contributed by atoms with Gasteiger partial charge in [-0.05, 0) is 43.1 Å². The first kappa shape index (κ1) is 13.2. The Hall–Kier alpha value is -2.19. The molecule has 0 amide bonds. The molecule has 1 aromatic carbocycles. The maximum atomic E-state index is 11.5. The quantitative estimate of drug-likeness (QED) is 0.867. The predicted octanol–water partition coefficient (Wildman–Crippen LogP) is 3.14. The molecule has 0 unspecified atom stereocenters. The molecule has 1 heterocycles. The Balaban J connectivity index is 2.10. The number of carbonyl (C=O) groups excluding carboxylic acids is 1. The SMILES string of the molecule is CC(=O)c1c(C)nsc1NCc1ccc(C#N)cc1. The van der Waals surface area contributed by atoms with Gasteiger partial charge in [-0.3, -0.25) is 4.79 Å². The molecular formula is C14H13N3OS. The summed E-state index contributed by atoms with van der Waals surface area (Å²) in [7, 11) is 0. The number of nitriles is 1. The van der Waals surface area contributed by atoms with Crippen LogP contribution in [-0.4, -0.2) is 10.2 Å². The van der Waals surface area contributed by atoms with E-state index in [9.17, 15) is 4.79 Å². The van der Waals surface area contributed by atoms with Crippen molar-refractivity contribution in [2.75, 3.05) is 5.32 Å². The number of hydrogen-bond donors (Lipinski definition) is 1. The van der Waals surface area contributed by atoms with Crippen LogP contribution >= 0.6 is 11.5 Å². The molecule has 0 fully saturated rings. The fraction of sp³-hybridized carbons (Fsp3) is 0.214. The number of nitrogens with zero attached hydrogens (tertiary/aromatic N) is 2. The molecular weight excluding hydrogens is 258 g/mol. The summed E-state index contributed by atoms with van der Waals surface area (Å²) in [6, 6.07) is 9.43. The van der Waals surface area contributed by atoms with Crippen molar-refractivity contribution in [3.05, 3.63) is 46.6 Å². The van der Waals surface area contributed by atoms with Gasteiger partial charge in [0.2, 0.25) is 0 Å². The fourth-order valence-electron chi connectivity index (χ4n) is 1.78. The smallest absolute Gasteiger partial charge is 0.164 e. The average molecular weight is 271 g/mol. The highest BCUT2D eigenvalue weighted by molar-refractivity contribution is 7.10. The van der Waals surface area contributed by atoms with Crippen LogP contribution in [0.4, 0.5) is 5.00 Å². The van der Waals surface area contributed by atoms with Crippen LogP contribution in [0.2, 0.25) is 0 Å². The molecule has 1 N–H and O–H groups in total. The van der Waals surface area contributed by atoms with Gasteiger partial charge in [0.1, 0.15) is 5.00 Å². The summed E-state index contributed by atoms with van der Waals surface area (Å²) in [5.41, 5.74) is 3.12. The van der Waals surface area contributed by atoms with Crippen LogP contribution in [0.25, 0.3) is 0 Å². The maximum Gasteiger partial charge on any atom is 0.164 e. The summed E-state index contributed by atoms with van der Waals surface area (Å²) in [6.45, 7) is 3.98. The Bertz CT molecular complexity index is 638. The zero-order valence-electron chi connectivity index (χ0n) is 10.7. The third kappa shape index (κ3) is 2.98. The highest BCUT2D eigenvalue weighted by Crippen LogP contribution is 2.25. The number of ketones is 1. The molecule has 2 rings (SSSR count). The van der Waals surface area contributed by atoms with E-state index < -0.39 is 0 Å². The van der Waals surface area contributed by atoms with Crippen LogP contribution in [0.3, 0.4) is 0 Å². The van der Waals surface area contributed by atoms with Crippen LogP contribution in [-0.2, 0) is 6.54 Å². The Morgan fingerprint density at radius 1 is 1.42 bits per heavy atom. The number of nitrogens with one attached hydrogen (secondary N) is 1. The lowest BCUT2D eigenvalue weighted by molar-refractivity contribution is 0.101. The van der Waals surface area contributed by atoms with E-state index in [1.165, 1.54) is 11.5 Å². The molecule has 0 spiro atoms. The van der Waals surface area contributed by atoms with Crippen LogP contribution in [0, 0.1) is 18.3 Å². The molecule has 2 aromatic rings. The van der Waals surface area contributed by atoms with Crippen molar-refractivity contribution in [2.24, 2.45) is 0 Å². The van der Waals surface area contributed by atoms with Gasteiger partial charge in [-0.2, -0.15) is 9.64 Å². The van der Waals surface area contributed by atoms with Gasteiger partial charge in [-0.1, -0.05) is 12.1 Å². The van der Waals surface area contributed by atoms with Gasteiger partial charge in [-0.15, -0.1) is 0 Å². The zero-order valence-corrected chi connectivity index (χ0v) is 11.5. The number of hydrogen-bond acceptors (Lipinski definition) is 5. The molecule has 1 aromatic heterocycles. The largest absolute Gasteiger partial charge is 0.371 e. The molecule has 96 valence electrons. The highest BCUT2D eigenvalue weighted by atomic mass is 32.1. The normalized spacial score (nSPS) is 9.95. The third-order valence-electron chi connectivity index (χ3n) is 2.75. The Labute approximate surface area is 115 Å². The van der Waals surface area contributed by atoms with Gasteiger partial charge in [0.05, 0.1) is 22.9 Å². The Morgan fingerprint density at radius 2 is 2.11 bits per heavy atom. The standard InChI is InChI=1S/C14H13N3OS/c1-9-13(10(2)18)14(19-17-9)16-8-12-5-3-11(7-15)4-6-12/h3-6,16H,8H2,1-2H3. The van der Waals surface area contributed by atoms with Crippen molar-refractivity contribution in [3.8, 4) is 6.07 Å². The van der Waals surface area contributed by atoms with Crippen molar-refractivity contribution in [1.29, 1.82) is 5.26 Å². The molecule has 5 heteroatoms. The van der Waals surface area contributed by atoms with Gasteiger partial charge >= 0.3 is 0 Å². The van der Waals surface area contributed by atoms with Crippen molar-refractivity contribution in [3.63, 3.8) is 0 Å². The van der Waals surface area contributed by atoms with Crippen molar-refractivity contribution in [2.45, 2.75) is 20.4 Å². The molecule has 0 radical (unpaired) electrons. The maximum absolute atomic E-state index is 11.5. The number of benzene rings is 1. The summed E-state index contributed by atoms with van der Waals surface area (Å²) in [5.74, 6) is 0.0218. The first-order chi connectivity index (χ1) is 9.11. The Kier molecular flexibility index (Phi) is 3.93. The summed E-state index contributed by atoms with van der Waals surface area (Å²) in [5, 5.41) is 12.7. The van der Waals surface area contributed by atoms with Gasteiger partial charge in [0.25, 0.3) is 0 Å². The minimum absolute atomic E-state index is 0.0218.